The summed E-state index contributed by atoms with van der Waals surface area (Å²) >= 11 is 1.53. The second kappa shape index (κ2) is 9.46. The number of imide groups is 1. The van der Waals surface area contributed by atoms with Gasteiger partial charge in [0.15, 0.2) is 5.54 Å². The monoisotopic (exact) mass is 486 g/mol. The molecule has 1 N–H and O–H groups in total. The van der Waals surface area contributed by atoms with Gasteiger partial charge in [0.05, 0.1) is 6.54 Å². The van der Waals surface area contributed by atoms with Crippen molar-refractivity contribution < 1.29 is 14.4 Å². The third-order valence-electron chi connectivity index (χ3n) is 6.96. The first kappa shape index (κ1) is 23.0. The highest BCUT2D eigenvalue weighted by Gasteiger charge is 2.57. The third-order valence-corrected chi connectivity index (χ3v) is 7.69. The van der Waals surface area contributed by atoms with E-state index in [2.05, 4.69) is 16.9 Å². The lowest BCUT2D eigenvalue weighted by Gasteiger charge is -2.41. The van der Waals surface area contributed by atoms with Gasteiger partial charge in [0, 0.05) is 36.6 Å². The van der Waals surface area contributed by atoms with Crippen LogP contribution in [0.2, 0.25) is 0 Å². The van der Waals surface area contributed by atoms with E-state index in [1.807, 2.05) is 52.1 Å². The molecule has 1 unspecified atom stereocenters. The topological polar surface area (TPSA) is 82.6 Å². The number of amides is 4. The van der Waals surface area contributed by atoms with Gasteiger partial charge < -0.3 is 10.2 Å². The molecule has 0 bridgehead atoms. The van der Waals surface area contributed by atoms with Crippen molar-refractivity contribution in [3.8, 4) is 0 Å². The van der Waals surface area contributed by atoms with E-state index in [0.29, 0.717) is 37.1 Å². The molecule has 5 rings (SSSR count). The maximum Gasteiger partial charge on any atom is 0.325 e. The molecular formula is C27H26N4O3S. The number of hydrogen-bond acceptors (Lipinski definition) is 5. The number of urea groups is 1. The van der Waals surface area contributed by atoms with Gasteiger partial charge in [-0.2, -0.15) is 11.3 Å². The summed E-state index contributed by atoms with van der Waals surface area (Å²) in [5, 5.41) is 6.91. The molecule has 2 aliphatic heterocycles. The predicted molar refractivity (Wildman–Crippen MR) is 134 cm³/mol. The fraction of sp³-hybridized carbons (Fsp3) is 0.259. The molecule has 1 atom stereocenters. The molecule has 4 heterocycles. The Morgan fingerprint density at radius 2 is 1.94 bits per heavy atom. The molecular weight excluding hydrogens is 460 g/mol. The second-order valence-electron chi connectivity index (χ2n) is 8.90. The van der Waals surface area contributed by atoms with Crippen LogP contribution in [0.15, 0.2) is 72.2 Å². The highest BCUT2D eigenvalue weighted by atomic mass is 32.1. The number of carbonyl (C=O) groups is 3. The van der Waals surface area contributed by atoms with Crippen LogP contribution in [0.5, 0.6) is 0 Å². The number of thiophene rings is 1. The fourth-order valence-electron chi connectivity index (χ4n) is 5.07. The molecule has 0 aliphatic carbocycles. The van der Waals surface area contributed by atoms with Gasteiger partial charge in [0.1, 0.15) is 0 Å². The minimum atomic E-state index is -1.19. The molecule has 0 spiro atoms. The van der Waals surface area contributed by atoms with E-state index in [4.69, 9.17) is 0 Å². The number of aromatic nitrogens is 1. The maximum absolute atomic E-state index is 13.9. The maximum atomic E-state index is 13.9. The summed E-state index contributed by atoms with van der Waals surface area (Å²) < 4.78 is 0. The number of hydrogen-bond donors (Lipinski definition) is 1. The lowest BCUT2D eigenvalue weighted by Crippen LogP contribution is -2.54. The van der Waals surface area contributed by atoms with Crippen molar-refractivity contribution in [3.63, 3.8) is 0 Å². The van der Waals surface area contributed by atoms with Crippen molar-refractivity contribution in [1.82, 2.24) is 20.1 Å². The van der Waals surface area contributed by atoms with Crippen LogP contribution in [0, 0.1) is 5.92 Å². The van der Waals surface area contributed by atoms with Crippen LogP contribution in [0.3, 0.4) is 0 Å². The molecule has 7 nitrogen and oxygen atoms in total. The van der Waals surface area contributed by atoms with E-state index in [9.17, 15) is 14.4 Å². The minimum Gasteiger partial charge on any atom is -0.339 e. The SMILES string of the molecule is C=Cc1ccc(C(=O)N2CCC(C3(c4cccnc4)NC(=O)N(Cc4ccsc4)C3=O)CC2)cc1. The third kappa shape index (κ3) is 4.14. The van der Waals surface area contributed by atoms with Crippen molar-refractivity contribution in [1.29, 1.82) is 0 Å². The van der Waals surface area contributed by atoms with Gasteiger partial charge in [-0.3, -0.25) is 19.5 Å². The molecule has 2 fully saturated rings. The quantitative estimate of drug-likeness (QED) is 0.527. The smallest absolute Gasteiger partial charge is 0.325 e. The van der Waals surface area contributed by atoms with Crippen LogP contribution in [0.4, 0.5) is 4.79 Å². The molecule has 4 amide bonds. The van der Waals surface area contributed by atoms with Gasteiger partial charge in [-0.15, -0.1) is 0 Å². The lowest BCUT2D eigenvalue weighted by molar-refractivity contribution is -0.134. The first-order chi connectivity index (χ1) is 17.0. The Kier molecular flexibility index (Phi) is 6.21. The Bertz CT molecular complexity index is 1240. The Hall–Kier alpha value is -3.78. The predicted octanol–water partition coefficient (Wildman–Crippen LogP) is 4.29. The summed E-state index contributed by atoms with van der Waals surface area (Å²) in [5.74, 6) is -0.454. The normalized spacial score (nSPS) is 20.7. The Labute approximate surface area is 208 Å². The molecule has 35 heavy (non-hydrogen) atoms. The first-order valence-electron chi connectivity index (χ1n) is 11.6. The Morgan fingerprint density at radius 1 is 1.17 bits per heavy atom. The van der Waals surface area contributed by atoms with Gasteiger partial charge >= 0.3 is 6.03 Å². The van der Waals surface area contributed by atoms with Gasteiger partial charge in [-0.05, 0) is 64.9 Å². The van der Waals surface area contributed by atoms with Crippen LogP contribution in [-0.2, 0) is 16.9 Å². The zero-order valence-corrected chi connectivity index (χ0v) is 20.0. The Balaban J connectivity index is 1.38. The van der Waals surface area contributed by atoms with Crippen LogP contribution in [-0.4, -0.2) is 45.7 Å². The van der Waals surface area contributed by atoms with E-state index < -0.39 is 11.6 Å². The fourth-order valence-corrected chi connectivity index (χ4v) is 5.73. The van der Waals surface area contributed by atoms with E-state index in [-0.39, 0.29) is 24.3 Å². The van der Waals surface area contributed by atoms with E-state index >= 15 is 0 Å². The average molecular weight is 487 g/mol. The highest BCUT2D eigenvalue weighted by Crippen LogP contribution is 2.41. The largest absolute Gasteiger partial charge is 0.339 e. The second-order valence-corrected chi connectivity index (χ2v) is 9.68. The summed E-state index contributed by atoms with van der Waals surface area (Å²) in [6.45, 7) is 4.99. The van der Waals surface area contributed by atoms with Crippen LogP contribution in [0.1, 0.15) is 39.9 Å². The number of carbonyl (C=O) groups excluding carboxylic acids is 3. The van der Waals surface area contributed by atoms with Gasteiger partial charge in [-0.1, -0.05) is 30.9 Å². The van der Waals surface area contributed by atoms with Crippen molar-refractivity contribution in [2.45, 2.75) is 24.9 Å². The standard InChI is InChI=1S/C27H26N4O3S/c1-2-19-5-7-21(8-6-19)24(32)30-13-9-22(10-14-30)27(23-4-3-12-28-16-23)25(33)31(26(34)29-27)17-20-11-15-35-18-20/h2-8,11-12,15-16,18,22H,1,9-10,13-14,17H2,(H,29,34). The number of nitrogens with zero attached hydrogens (tertiary/aromatic N) is 3. The molecule has 8 heteroatoms. The van der Waals surface area contributed by atoms with Crippen molar-refractivity contribution >= 4 is 35.3 Å². The lowest BCUT2D eigenvalue weighted by atomic mass is 9.73. The van der Waals surface area contributed by atoms with Crippen LogP contribution < -0.4 is 5.32 Å². The van der Waals surface area contributed by atoms with Gasteiger partial charge in [0.2, 0.25) is 0 Å². The summed E-state index contributed by atoms with van der Waals surface area (Å²) in [7, 11) is 0. The van der Waals surface area contributed by atoms with E-state index in [1.165, 1.54) is 16.2 Å². The molecule has 178 valence electrons. The number of piperidine rings is 1. The highest BCUT2D eigenvalue weighted by molar-refractivity contribution is 7.07. The summed E-state index contributed by atoms with van der Waals surface area (Å²) in [6, 6.07) is 12.5. The average Bonchev–Trinajstić information content (AvgIpc) is 3.52. The number of likely N-dealkylation sites (tertiary alicyclic amines) is 1. The van der Waals surface area contributed by atoms with Crippen molar-refractivity contribution in [2.75, 3.05) is 13.1 Å². The number of benzene rings is 1. The molecule has 3 aromatic rings. The molecule has 2 aromatic heterocycles. The minimum absolute atomic E-state index is 0.0321. The molecule has 0 radical (unpaired) electrons. The summed E-state index contributed by atoms with van der Waals surface area (Å²) in [4.78, 5) is 47.4. The van der Waals surface area contributed by atoms with E-state index in [0.717, 1.165) is 11.1 Å². The number of rotatable bonds is 6. The zero-order valence-electron chi connectivity index (χ0n) is 19.2. The molecule has 2 aliphatic rings. The Morgan fingerprint density at radius 3 is 2.57 bits per heavy atom. The first-order valence-corrected chi connectivity index (χ1v) is 12.5. The summed E-state index contributed by atoms with van der Waals surface area (Å²) in [6.07, 6.45) is 6.23. The summed E-state index contributed by atoms with van der Waals surface area (Å²) in [5.41, 5.74) is 1.99. The van der Waals surface area contributed by atoms with Crippen LogP contribution in [0.25, 0.3) is 6.08 Å². The zero-order chi connectivity index (χ0) is 24.4. The molecule has 1 aromatic carbocycles. The van der Waals surface area contributed by atoms with E-state index in [1.54, 1.807) is 24.5 Å². The van der Waals surface area contributed by atoms with Crippen molar-refractivity contribution in [2.24, 2.45) is 5.92 Å². The van der Waals surface area contributed by atoms with Gasteiger partial charge in [0.25, 0.3) is 11.8 Å². The molecule has 2 saturated heterocycles. The molecule has 0 saturated carbocycles. The van der Waals surface area contributed by atoms with Crippen molar-refractivity contribution in [3.05, 3.63) is 94.5 Å². The van der Waals surface area contributed by atoms with Crippen LogP contribution >= 0.6 is 11.3 Å². The number of pyridine rings is 1. The van der Waals surface area contributed by atoms with Gasteiger partial charge in [-0.25, -0.2) is 4.79 Å². The number of nitrogens with one attached hydrogen (secondary N) is 1.